The van der Waals surface area contributed by atoms with Crippen LogP contribution in [-0.4, -0.2) is 34.8 Å². The van der Waals surface area contributed by atoms with Gasteiger partial charge in [-0.25, -0.2) is 4.79 Å². The first-order chi connectivity index (χ1) is 12.7. The molecule has 1 saturated carbocycles. The molecule has 0 unspecified atom stereocenters. The zero-order valence-electron chi connectivity index (χ0n) is 16.4. The summed E-state index contributed by atoms with van der Waals surface area (Å²) in [5.41, 5.74) is 1.06. The summed E-state index contributed by atoms with van der Waals surface area (Å²) in [4.78, 5) is 38.6. The number of hydrogen-bond donors (Lipinski definition) is 2. The Morgan fingerprint density at radius 1 is 1.07 bits per heavy atom. The molecule has 1 aliphatic heterocycles. The highest BCUT2D eigenvalue weighted by Gasteiger charge is 2.51. The molecule has 1 aromatic carbocycles. The van der Waals surface area contributed by atoms with Crippen molar-refractivity contribution < 1.29 is 14.4 Å². The summed E-state index contributed by atoms with van der Waals surface area (Å²) >= 11 is 0. The Morgan fingerprint density at radius 3 is 2.22 bits per heavy atom. The van der Waals surface area contributed by atoms with Gasteiger partial charge in [0, 0.05) is 5.69 Å². The first-order valence-electron chi connectivity index (χ1n) is 9.76. The lowest BCUT2D eigenvalue weighted by Gasteiger charge is -2.24. The normalized spacial score (nSPS) is 19.7. The fourth-order valence-corrected chi connectivity index (χ4v) is 3.89. The van der Waals surface area contributed by atoms with E-state index in [0.717, 1.165) is 30.6 Å². The molecular formula is C21H29N3O3. The average molecular weight is 371 g/mol. The maximum atomic E-state index is 12.9. The van der Waals surface area contributed by atoms with Gasteiger partial charge in [-0.05, 0) is 36.0 Å². The Kier molecular flexibility index (Phi) is 5.27. The summed E-state index contributed by atoms with van der Waals surface area (Å²) in [6.45, 7) is 6.12. The Hall–Kier alpha value is -2.37. The SMILES string of the molecule is CC(C)(C)c1ccc(NC(=O)CN2C(=O)NC3(CCCCCC3)C2=O)cc1. The van der Waals surface area contributed by atoms with Gasteiger partial charge in [0.25, 0.3) is 5.91 Å². The van der Waals surface area contributed by atoms with Crippen molar-refractivity contribution in [2.24, 2.45) is 0 Å². The molecule has 0 aromatic heterocycles. The number of urea groups is 1. The van der Waals surface area contributed by atoms with Gasteiger partial charge in [-0.2, -0.15) is 0 Å². The molecule has 1 spiro atoms. The third-order valence-corrected chi connectivity index (χ3v) is 5.54. The maximum absolute atomic E-state index is 12.9. The van der Waals surface area contributed by atoms with Gasteiger partial charge >= 0.3 is 6.03 Å². The van der Waals surface area contributed by atoms with Crippen LogP contribution < -0.4 is 10.6 Å². The van der Waals surface area contributed by atoms with Crippen molar-refractivity contribution in [3.05, 3.63) is 29.8 Å². The molecule has 6 heteroatoms. The molecule has 27 heavy (non-hydrogen) atoms. The van der Waals surface area contributed by atoms with E-state index >= 15 is 0 Å². The van der Waals surface area contributed by atoms with E-state index in [1.807, 2.05) is 24.3 Å². The summed E-state index contributed by atoms with van der Waals surface area (Å²) in [6, 6.07) is 7.18. The van der Waals surface area contributed by atoms with Crippen LogP contribution in [0.5, 0.6) is 0 Å². The number of anilines is 1. The third kappa shape index (κ3) is 4.15. The first kappa shape index (κ1) is 19.4. The Balaban J connectivity index is 1.63. The van der Waals surface area contributed by atoms with Crippen LogP contribution in [0.4, 0.5) is 10.5 Å². The zero-order valence-corrected chi connectivity index (χ0v) is 16.4. The van der Waals surface area contributed by atoms with E-state index in [1.54, 1.807) is 0 Å². The van der Waals surface area contributed by atoms with Gasteiger partial charge in [0.15, 0.2) is 0 Å². The van der Waals surface area contributed by atoms with E-state index in [0.29, 0.717) is 18.5 Å². The molecule has 0 bridgehead atoms. The lowest BCUT2D eigenvalue weighted by atomic mass is 9.87. The predicted octanol–water partition coefficient (Wildman–Crippen LogP) is 3.57. The molecule has 1 aromatic rings. The largest absolute Gasteiger partial charge is 0.325 e. The zero-order chi connectivity index (χ0) is 19.7. The van der Waals surface area contributed by atoms with Gasteiger partial charge in [0.05, 0.1) is 0 Å². The Labute approximate surface area is 160 Å². The number of imide groups is 1. The molecule has 3 rings (SSSR count). The fraction of sp³-hybridized carbons (Fsp3) is 0.571. The molecule has 1 heterocycles. The Morgan fingerprint density at radius 2 is 1.67 bits per heavy atom. The summed E-state index contributed by atoms with van der Waals surface area (Å²) in [5, 5.41) is 5.64. The number of benzene rings is 1. The lowest BCUT2D eigenvalue weighted by Crippen LogP contribution is -2.47. The molecule has 2 fully saturated rings. The molecule has 1 saturated heterocycles. The molecule has 1 aliphatic carbocycles. The van der Waals surface area contributed by atoms with Gasteiger partial charge in [0.2, 0.25) is 5.91 Å². The maximum Gasteiger partial charge on any atom is 0.325 e. The number of amides is 4. The monoisotopic (exact) mass is 371 g/mol. The topological polar surface area (TPSA) is 78.5 Å². The van der Waals surface area contributed by atoms with E-state index in [-0.39, 0.29) is 23.8 Å². The van der Waals surface area contributed by atoms with Crippen molar-refractivity contribution in [2.45, 2.75) is 70.3 Å². The highest BCUT2D eigenvalue weighted by Crippen LogP contribution is 2.32. The molecule has 4 amide bonds. The van der Waals surface area contributed by atoms with Gasteiger partial charge < -0.3 is 10.6 Å². The van der Waals surface area contributed by atoms with Crippen molar-refractivity contribution in [2.75, 3.05) is 11.9 Å². The Bertz CT molecular complexity index is 726. The minimum Gasteiger partial charge on any atom is -0.325 e. The van der Waals surface area contributed by atoms with Crippen molar-refractivity contribution in [3.63, 3.8) is 0 Å². The predicted molar refractivity (Wildman–Crippen MR) is 104 cm³/mol. The highest BCUT2D eigenvalue weighted by molar-refractivity contribution is 6.10. The number of carbonyl (C=O) groups is 3. The second kappa shape index (κ2) is 7.33. The van der Waals surface area contributed by atoms with Crippen molar-refractivity contribution in [1.29, 1.82) is 0 Å². The summed E-state index contributed by atoms with van der Waals surface area (Å²) in [5.74, 6) is -0.625. The molecule has 6 nitrogen and oxygen atoms in total. The third-order valence-electron chi connectivity index (χ3n) is 5.54. The smallest absolute Gasteiger partial charge is 0.325 e. The summed E-state index contributed by atoms with van der Waals surface area (Å²) in [7, 11) is 0. The molecule has 2 N–H and O–H groups in total. The number of rotatable bonds is 3. The van der Waals surface area contributed by atoms with Gasteiger partial charge in [-0.15, -0.1) is 0 Å². The summed E-state index contributed by atoms with van der Waals surface area (Å²) in [6.07, 6.45) is 5.32. The quantitative estimate of drug-likeness (QED) is 0.797. The minimum atomic E-state index is -0.803. The van der Waals surface area contributed by atoms with Crippen LogP contribution >= 0.6 is 0 Å². The number of hydrogen-bond acceptors (Lipinski definition) is 3. The molecular weight excluding hydrogens is 342 g/mol. The molecule has 146 valence electrons. The van der Waals surface area contributed by atoms with E-state index in [4.69, 9.17) is 0 Å². The van der Waals surface area contributed by atoms with Crippen LogP contribution in [0, 0.1) is 0 Å². The number of nitrogens with zero attached hydrogens (tertiary/aromatic N) is 1. The van der Waals surface area contributed by atoms with Gasteiger partial charge in [0.1, 0.15) is 12.1 Å². The van der Waals surface area contributed by atoms with E-state index < -0.39 is 11.6 Å². The number of carbonyl (C=O) groups excluding carboxylic acids is 3. The van der Waals surface area contributed by atoms with Gasteiger partial charge in [-0.3, -0.25) is 14.5 Å². The van der Waals surface area contributed by atoms with Crippen LogP contribution in [0.2, 0.25) is 0 Å². The van der Waals surface area contributed by atoms with Crippen LogP contribution in [-0.2, 0) is 15.0 Å². The van der Waals surface area contributed by atoms with Crippen LogP contribution in [0.25, 0.3) is 0 Å². The number of nitrogens with one attached hydrogen (secondary N) is 2. The van der Waals surface area contributed by atoms with E-state index in [2.05, 4.69) is 31.4 Å². The molecule has 2 aliphatic rings. The standard InChI is InChI=1S/C21H29N3O3/c1-20(2,3)15-8-10-16(11-9-15)22-17(25)14-24-18(26)21(23-19(24)27)12-6-4-5-7-13-21/h8-11H,4-7,12-14H2,1-3H3,(H,22,25)(H,23,27). The lowest BCUT2D eigenvalue weighted by molar-refractivity contribution is -0.134. The molecule has 0 radical (unpaired) electrons. The average Bonchev–Trinajstić information content (AvgIpc) is 2.77. The van der Waals surface area contributed by atoms with Crippen molar-refractivity contribution in [1.82, 2.24) is 10.2 Å². The van der Waals surface area contributed by atoms with Crippen LogP contribution in [0.15, 0.2) is 24.3 Å². The summed E-state index contributed by atoms with van der Waals surface area (Å²) < 4.78 is 0. The highest BCUT2D eigenvalue weighted by atomic mass is 16.2. The molecule has 0 atom stereocenters. The minimum absolute atomic E-state index is 0.0373. The first-order valence-corrected chi connectivity index (χ1v) is 9.76. The van der Waals surface area contributed by atoms with Gasteiger partial charge in [-0.1, -0.05) is 58.6 Å². The second-order valence-electron chi connectivity index (χ2n) is 8.69. The fourth-order valence-electron chi connectivity index (χ4n) is 3.89. The van der Waals surface area contributed by atoms with Crippen molar-refractivity contribution in [3.8, 4) is 0 Å². The van der Waals surface area contributed by atoms with Crippen LogP contribution in [0.1, 0.15) is 64.9 Å². The van der Waals surface area contributed by atoms with E-state index in [1.165, 1.54) is 5.56 Å². The van der Waals surface area contributed by atoms with Crippen LogP contribution in [0.3, 0.4) is 0 Å². The van der Waals surface area contributed by atoms with Crippen molar-refractivity contribution >= 4 is 23.5 Å². The van der Waals surface area contributed by atoms with E-state index in [9.17, 15) is 14.4 Å². The second-order valence-corrected chi connectivity index (χ2v) is 8.69.